The molecule has 114 valence electrons. The van der Waals surface area contributed by atoms with E-state index in [9.17, 15) is 9.59 Å². The van der Waals surface area contributed by atoms with Crippen LogP contribution in [-0.2, 0) is 14.3 Å². The van der Waals surface area contributed by atoms with E-state index in [2.05, 4.69) is 10.6 Å². The highest BCUT2D eigenvalue weighted by atomic mass is 16.5. The molecule has 7 nitrogen and oxygen atoms in total. The van der Waals surface area contributed by atoms with Gasteiger partial charge in [-0.2, -0.15) is 0 Å². The molecule has 0 aromatic carbocycles. The summed E-state index contributed by atoms with van der Waals surface area (Å²) in [6.45, 7) is 1.73. The Morgan fingerprint density at radius 3 is 2.80 bits per heavy atom. The van der Waals surface area contributed by atoms with Crippen LogP contribution in [0.5, 0.6) is 0 Å². The van der Waals surface area contributed by atoms with Crippen LogP contribution in [0.1, 0.15) is 25.7 Å². The van der Waals surface area contributed by atoms with E-state index in [1.54, 1.807) is 0 Å². The Kier molecular flexibility index (Phi) is 5.60. The third kappa shape index (κ3) is 4.35. The first-order chi connectivity index (χ1) is 9.66. The molecule has 3 N–H and O–H groups in total. The number of carboxylic acid groups (broad SMARTS) is 1. The molecule has 2 rings (SSSR count). The lowest BCUT2D eigenvalue weighted by atomic mass is 10.0. The molecule has 0 aliphatic carbocycles. The van der Waals surface area contributed by atoms with Crippen LogP contribution in [0.4, 0.5) is 4.79 Å². The molecule has 0 aromatic heterocycles. The molecule has 2 heterocycles. The zero-order chi connectivity index (χ0) is 14.4. The highest BCUT2D eigenvalue weighted by Crippen LogP contribution is 2.15. The maximum atomic E-state index is 11.7. The number of urea groups is 1. The Morgan fingerprint density at radius 1 is 1.25 bits per heavy atom. The Bertz CT molecular complexity index is 344. The van der Waals surface area contributed by atoms with E-state index in [1.165, 1.54) is 6.42 Å². The van der Waals surface area contributed by atoms with Crippen LogP contribution in [0.2, 0.25) is 0 Å². The van der Waals surface area contributed by atoms with Gasteiger partial charge in [-0.15, -0.1) is 0 Å². The van der Waals surface area contributed by atoms with Gasteiger partial charge in [-0.25, -0.2) is 4.79 Å². The average Bonchev–Trinajstić information content (AvgIpc) is 2.88. The monoisotopic (exact) mass is 286 g/mol. The summed E-state index contributed by atoms with van der Waals surface area (Å²) in [5.41, 5.74) is 0. The smallest absolute Gasteiger partial charge is 0.315 e. The van der Waals surface area contributed by atoms with Crippen molar-refractivity contribution in [3.63, 3.8) is 0 Å². The molecule has 2 amide bonds. The molecule has 3 unspecified atom stereocenters. The molecule has 0 radical (unpaired) electrons. The topological polar surface area (TPSA) is 96.9 Å². The quantitative estimate of drug-likeness (QED) is 0.677. The molecule has 0 aromatic rings. The predicted octanol–water partition coefficient (Wildman–Crippen LogP) is 0.344. The number of carbonyl (C=O) groups is 2. The number of rotatable bonds is 5. The highest BCUT2D eigenvalue weighted by molar-refractivity contribution is 5.77. The van der Waals surface area contributed by atoms with Crippen molar-refractivity contribution in [1.82, 2.24) is 10.6 Å². The van der Waals surface area contributed by atoms with Gasteiger partial charge in [-0.05, 0) is 25.7 Å². The van der Waals surface area contributed by atoms with Crippen LogP contribution in [-0.4, -0.2) is 55.6 Å². The summed E-state index contributed by atoms with van der Waals surface area (Å²) in [6, 6.07) is -0.805. The van der Waals surface area contributed by atoms with Crippen LogP contribution in [0, 0.1) is 5.92 Å². The summed E-state index contributed by atoms with van der Waals surface area (Å²) in [5.74, 6) is -1.61. The number of amides is 2. The van der Waals surface area contributed by atoms with Crippen LogP contribution in [0.15, 0.2) is 0 Å². The first-order valence-electron chi connectivity index (χ1n) is 7.13. The zero-order valence-corrected chi connectivity index (χ0v) is 11.5. The number of carbonyl (C=O) groups excluding carboxylic acids is 1. The van der Waals surface area contributed by atoms with Gasteiger partial charge in [0.25, 0.3) is 0 Å². The second kappa shape index (κ2) is 7.44. The van der Waals surface area contributed by atoms with Crippen LogP contribution in [0.25, 0.3) is 0 Å². The first-order valence-corrected chi connectivity index (χ1v) is 7.13. The van der Waals surface area contributed by atoms with Gasteiger partial charge in [0.2, 0.25) is 0 Å². The van der Waals surface area contributed by atoms with E-state index in [0.29, 0.717) is 6.54 Å². The molecule has 20 heavy (non-hydrogen) atoms. The van der Waals surface area contributed by atoms with E-state index in [1.807, 2.05) is 0 Å². The Hall–Kier alpha value is -1.34. The van der Waals surface area contributed by atoms with Crippen molar-refractivity contribution < 1.29 is 24.2 Å². The van der Waals surface area contributed by atoms with Crippen molar-refractivity contribution in [2.24, 2.45) is 5.92 Å². The molecular weight excluding hydrogens is 264 g/mol. The van der Waals surface area contributed by atoms with Crippen molar-refractivity contribution >= 4 is 12.0 Å². The minimum atomic E-state index is -0.941. The van der Waals surface area contributed by atoms with Crippen LogP contribution < -0.4 is 10.6 Å². The zero-order valence-electron chi connectivity index (χ0n) is 11.5. The fourth-order valence-electron chi connectivity index (χ4n) is 2.54. The van der Waals surface area contributed by atoms with Gasteiger partial charge in [0, 0.05) is 13.2 Å². The fourth-order valence-corrected chi connectivity index (χ4v) is 2.54. The number of carboxylic acids is 1. The number of nitrogens with one attached hydrogen (secondary N) is 2. The highest BCUT2D eigenvalue weighted by Gasteiger charge is 2.35. The molecule has 2 aliphatic heterocycles. The number of aliphatic carboxylic acids is 1. The van der Waals surface area contributed by atoms with Gasteiger partial charge < -0.3 is 25.2 Å². The summed E-state index contributed by atoms with van der Waals surface area (Å²) >= 11 is 0. The lowest BCUT2D eigenvalue weighted by molar-refractivity contribution is -0.142. The SMILES string of the molecule is O=C(NCCC1CCCCO1)NC1COCC1C(=O)O. The largest absolute Gasteiger partial charge is 0.481 e. The molecule has 0 bridgehead atoms. The van der Waals surface area contributed by atoms with E-state index < -0.39 is 17.9 Å². The third-order valence-electron chi connectivity index (χ3n) is 3.74. The van der Waals surface area contributed by atoms with E-state index in [0.717, 1.165) is 25.9 Å². The summed E-state index contributed by atoms with van der Waals surface area (Å²) < 4.78 is 10.7. The molecule has 2 saturated heterocycles. The minimum Gasteiger partial charge on any atom is -0.481 e. The lowest BCUT2D eigenvalue weighted by Crippen LogP contribution is -2.47. The molecule has 7 heteroatoms. The Morgan fingerprint density at radius 2 is 2.10 bits per heavy atom. The second-order valence-electron chi connectivity index (χ2n) is 5.27. The van der Waals surface area contributed by atoms with Crippen LogP contribution in [0.3, 0.4) is 0 Å². The normalized spacial score (nSPS) is 29.9. The average molecular weight is 286 g/mol. The molecule has 2 fully saturated rings. The standard InChI is InChI=1S/C13H22N2O5/c16-12(17)10-7-19-8-11(10)15-13(18)14-5-4-9-3-1-2-6-20-9/h9-11H,1-8H2,(H,16,17)(H2,14,15,18). The minimum absolute atomic E-state index is 0.149. The fraction of sp³-hybridized carbons (Fsp3) is 0.846. The van der Waals surface area contributed by atoms with Gasteiger partial charge >= 0.3 is 12.0 Å². The Labute approximate surface area is 118 Å². The van der Waals surface area contributed by atoms with Gasteiger partial charge in [0.1, 0.15) is 5.92 Å². The number of hydrogen-bond donors (Lipinski definition) is 3. The maximum Gasteiger partial charge on any atom is 0.315 e. The summed E-state index contributed by atoms with van der Waals surface area (Å²) in [7, 11) is 0. The second-order valence-corrected chi connectivity index (χ2v) is 5.27. The van der Waals surface area contributed by atoms with Crippen molar-refractivity contribution in [2.75, 3.05) is 26.4 Å². The van der Waals surface area contributed by atoms with E-state index in [4.69, 9.17) is 14.6 Å². The summed E-state index contributed by atoms with van der Waals surface area (Å²) in [6.07, 6.45) is 4.35. The summed E-state index contributed by atoms with van der Waals surface area (Å²) in [5, 5.41) is 14.4. The van der Waals surface area contributed by atoms with Crippen molar-refractivity contribution in [2.45, 2.75) is 37.8 Å². The summed E-state index contributed by atoms with van der Waals surface area (Å²) in [4.78, 5) is 22.6. The van der Waals surface area contributed by atoms with Crippen LogP contribution >= 0.6 is 0 Å². The van der Waals surface area contributed by atoms with Crippen molar-refractivity contribution in [3.05, 3.63) is 0 Å². The predicted molar refractivity (Wildman–Crippen MR) is 70.5 cm³/mol. The van der Waals surface area contributed by atoms with Gasteiger partial charge in [0.15, 0.2) is 0 Å². The maximum absolute atomic E-state index is 11.7. The van der Waals surface area contributed by atoms with Crippen molar-refractivity contribution in [1.29, 1.82) is 0 Å². The van der Waals surface area contributed by atoms with Crippen molar-refractivity contribution in [3.8, 4) is 0 Å². The molecule has 0 saturated carbocycles. The first kappa shape index (κ1) is 15.1. The van der Waals surface area contributed by atoms with E-state index in [-0.39, 0.29) is 25.3 Å². The molecule has 0 spiro atoms. The molecule has 2 aliphatic rings. The molecule has 3 atom stereocenters. The van der Waals surface area contributed by atoms with Gasteiger partial charge in [-0.3, -0.25) is 4.79 Å². The Balaban J connectivity index is 1.63. The van der Waals surface area contributed by atoms with Gasteiger partial charge in [0.05, 0.1) is 25.4 Å². The van der Waals surface area contributed by atoms with E-state index >= 15 is 0 Å². The number of ether oxygens (including phenoxy) is 2. The third-order valence-corrected chi connectivity index (χ3v) is 3.74. The lowest BCUT2D eigenvalue weighted by Gasteiger charge is -2.23. The number of hydrogen-bond acceptors (Lipinski definition) is 4. The molecular formula is C13H22N2O5. The van der Waals surface area contributed by atoms with Gasteiger partial charge in [-0.1, -0.05) is 0 Å².